The minimum absolute atomic E-state index is 0.359. The molecule has 0 bridgehead atoms. The summed E-state index contributed by atoms with van der Waals surface area (Å²) in [5, 5.41) is 19.6. The Hall–Kier alpha value is -0.970. The van der Waals surface area contributed by atoms with E-state index in [1.807, 2.05) is 16.6 Å². The fourth-order valence-electron chi connectivity index (χ4n) is 9.10. The number of fused-ring (bicyclic) bond motifs is 5. The molecule has 1 aromatic heterocycles. The van der Waals surface area contributed by atoms with E-state index in [9.17, 15) is 5.11 Å². The molecule has 1 aromatic rings. The first kappa shape index (κ1) is 20.9. The van der Waals surface area contributed by atoms with E-state index in [2.05, 4.69) is 31.0 Å². The molecule has 0 unspecified atom stereocenters. The summed E-state index contributed by atoms with van der Waals surface area (Å²) in [5.41, 5.74) is 0.147. The zero-order chi connectivity index (χ0) is 21.1. The van der Waals surface area contributed by atoms with Crippen LogP contribution in [-0.4, -0.2) is 25.7 Å². The van der Waals surface area contributed by atoms with Gasteiger partial charge in [-0.1, -0.05) is 25.6 Å². The Morgan fingerprint density at radius 2 is 1.90 bits per heavy atom. The molecule has 0 spiro atoms. The third-order valence-electron chi connectivity index (χ3n) is 10.7. The number of hydrogen-bond donors (Lipinski definition) is 1. The van der Waals surface area contributed by atoms with Gasteiger partial charge in [-0.2, -0.15) is 0 Å². The highest BCUT2D eigenvalue weighted by Gasteiger charge is 2.58. The number of rotatable bonds is 4. The fourth-order valence-corrected chi connectivity index (χ4v) is 9.10. The van der Waals surface area contributed by atoms with Crippen LogP contribution >= 0.6 is 0 Å². The van der Waals surface area contributed by atoms with Gasteiger partial charge in [-0.25, -0.2) is 0 Å². The molecule has 5 heteroatoms. The van der Waals surface area contributed by atoms with E-state index in [-0.39, 0.29) is 5.60 Å². The number of aryl methyl sites for hydroxylation is 1. The first-order valence-electron chi connectivity index (χ1n) is 12.8. The maximum atomic E-state index is 10.9. The Morgan fingerprint density at radius 3 is 2.63 bits per heavy atom. The molecule has 9 atom stereocenters. The van der Waals surface area contributed by atoms with Crippen molar-refractivity contribution in [3.05, 3.63) is 6.33 Å². The summed E-state index contributed by atoms with van der Waals surface area (Å²) >= 11 is 0. The van der Waals surface area contributed by atoms with Gasteiger partial charge in [0.2, 0.25) is 0 Å². The van der Waals surface area contributed by atoms with Crippen LogP contribution in [0.2, 0.25) is 0 Å². The van der Waals surface area contributed by atoms with Crippen LogP contribution in [0.5, 0.6) is 0 Å². The molecule has 4 aliphatic rings. The Balaban J connectivity index is 1.30. The van der Waals surface area contributed by atoms with Crippen molar-refractivity contribution in [1.29, 1.82) is 0 Å². The van der Waals surface area contributed by atoms with E-state index in [4.69, 9.17) is 0 Å². The topological polar surface area (TPSA) is 54.8 Å². The molecule has 0 aromatic carbocycles. The van der Waals surface area contributed by atoms with Crippen LogP contribution in [0.3, 0.4) is 0 Å². The maximum absolute atomic E-state index is 10.9. The lowest BCUT2D eigenvalue weighted by Gasteiger charge is -2.57. The van der Waals surface area contributed by atoms with Gasteiger partial charge in [0.1, 0.15) is 13.6 Å². The van der Waals surface area contributed by atoms with Gasteiger partial charge in [0.05, 0.1) is 10.7 Å². The predicted octanol–water partition coefficient (Wildman–Crippen LogP) is 4.15. The molecule has 0 aliphatic heterocycles. The zero-order valence-electron chi connectivity index (χ0n) is 19.6. The van der Waals surface area contributed by atoms with Crippen LogP contribution in [0, 0.1) is 46.8 Å². The molecule has 4 aliphatic carbocycles. The molecule has 1 N–H and O–H groups in total. The first-order valence-corrected chi connectivity index (χ1v) is 12.8. The van der Waals surface area contributed by atoms with Crippen molar-refractivity contribution in [1.82, 2.24) is 15.0 Å². The third-order valence-corrected chi connectivity index (χ3v) is 10.7. The standard InChI is InChI=1S/C25H43N4O/c1-5-25(30)13-11-19-18(14-25)6-7-21-20(19)10-12-24(3)22(8-9-23(21)24)17(2)15-29-27-16-26-28(29)4/h16-23,30H,5-15H2,1-4H3/q+1/t17-,18+,19+,20-,21-,22-,23+,24-,25-/m1/s1. The highest BCUT2D eigenvalue weighted by atomic mass is 16.3. The smallest absolute Gasteiger partial charge is 0.296 e. The van der Waals surface area contributed by atoms with Gasteiger partial charge < -0.3 is 5.11 Å². The summed E-state index contributed by atoms with van der Waals surface area (Å²) in [6.45, 7) is 8.26. The molecule has 0 saturated heterocycles. The normalized spacial score (nSPS) is 46.7. The maximum Gasteiger partial charge on any atom is 0.296 e. The van der Waals surface area contributed by atoms with Gasteiger partial charge in [0.25, 0.3) is 6.33 Å². The van der Waals surface area contributed by atoms with Crippen molar-refractivity contribution < 1.29 is 9.90 Å². The van der Waals surface area contributed by atoms with Crippen molar-refractivity contribution in [3.63, 3.8) is 0 Å². The molecule has 168 valence electrons. The van der Waals surface area contributed by atoms with E-state index < -0.39 is 0 Å². The largest absolute Gasteiger partial charge is 0.390 e. The lowest BCUT2D eigenvalue weighted by Crippen LogP contribution is -2.51. The van der Waals surface area contributed by atoms with Crippen LogP contribution in [0.25, 0.3) is 0 Å². The van der Waals surface area contributed by atoms with Gasteiger partial charge in [0.15, 0.2) is 0 Å². The number of aliphatic hydroxyl groups is 1. The second kappa shape index (κ2) is 7.56. The fraction of sp³-hybridized carbons (Fsp3) is 0.960. The predicted molar refractivity (Wildman–Crippen MR) is 116 cm³/mol. The number of tetrazole rings is 1. The molecule has 30 heavy (non-hydrogen) atoms. The van der Waals surface area contributed by atoms with E-state index in [0.717, 1.165) is 61.3 Å². The third kappa shape index (κ3) is 3.25. The molecule has 4 fully saturated rings. The number of aromatic nitrogens is 4. The summed E-state index contributed by atoms with van der Waals surface area (Å²) in [7, 11) is 1.99. The van der Waals surface area contributed by atoms with Crippen LogP contribution in [0.15, 0.2) is 6.33 Å². The summed E-state index contributed by atoms with van der Waals surface area (Å²) in [5.74, 6) is 5.93. The first-order chi connectivity index (χ1) is 14.3. The molecular weight excluding hydrogens is 372 g/mol. The van der Waals surface area contributed by atoms with Crippen molar-refractivity contribution in [2.75, 3.05) is 0 Å². The van der Waals surface area contributed by atoms with E-state index in [1.54, 1.807) is 6.33 Å². The minimum Gasteiger partial charge on any atom is -0.390 e. The second-order valence-electron chi connectivity index (χ2n) is 11.9. The number of hydrogen-bond acceptors (Lipinski definition) is 3. The van der Waals surface area contributed by atoms with Crippen molar-refractivity contribution in [2.45, 2.75) is 97.1 Å². The second-order valence-corrected chi connectivity index (χ2v) is 11.9. The van der Waals surface area contributed by atoms with Gasteiger partial charge in [-0.05, 0) is 121 Å². The molecule has 1 heterocycles. The van der Waals surface area contributed by atoms with E-state index in [1.165, 1.54) is 44.9 Å². The Kier molecular flexibility index (Phi) is 5.27. The number of nitrogens with zero attached hydrogens (tertiary/aromatic N) is 4. The van der Waals surface area contributed by atoms with E-state index in [0.29, 0.717) is 11.3 Å². The highest BCUT2D eigenvalue weighted by molar-refractivity contribution is 5.07. The van der Waals surface area contributed by atoms with Crippen LogP contribution < -0.4 is 4.80 Å². The lowest BCUT2D eigenvalue weighted by molar-refractivity contribution is -0.809. The van der Waals surface area contributed by atoms with Gasteiger partial charge in [-0.3, -0.25) is 0 Å². The molecule has 4 saturated carbocycles. The highest BCUT2D eigenvalue weighted by Crippen LogP contribution is 2.65. The Morgan fingerprint density at radius 1 is 1.10 bits per heavy atom. The van der Waals surface area contributed by atoms with Crippen molar-refractivity contribution >= 4 is 0 Å². The molecule has 5 nitrogen and oxygen atoms in total. The van der Waals surface area contributed by atoms with Gasteiger partial charge in [-0.15, -0.1) is 0 Å². The SMILES string of the molecule is CC[C@@]1(O)CC[C@H]2[C@@H](CC[C@@H]3[C@@H]2CC[C@]2(C)[C@@H]([C@H](C)Cn4ncn[n+]4C)CC[C@@H]32)C1. The van der Waals surface area contributed by atoms with Crippen LogP contribution in [0.4, 0.5) is 0 Å². The lowest BCUT2D eigenvalue weighted by atomic mass is 9.48. The zero-order valence-corrected chi connectivity index (χ0v) is 19.6. The van der Waals surface area contributed by atoms with Gasteiger partial charge >= 0.3 is 0 Å². The molecular formula is C25H43N4O+. The monoisotopic (exact) mass is 415 g/mol. The molecule has 5 rings (SSSR count). The quantitative estimate of drug-likeness (QED) is 0.752. The summed E-state index contributed by atoms with van der Waals surface area (Å²) < 4.78 is 0. The Bertz CT molecular complexity index is 764. The average Bonchev–Trinajstić information content (AvgIpc) is 3.30. The molecule has 0 amide bonds. The van der Waals surface area contributed by atoms with Crippen molar-refractivity contribution in [2.24, 2.45) is 53.9 Å². The van der Waals surface area contributed by atoms with Crippen LogP contribution in [-0.2, 0) is 13.6 Å². The van der Waals surface area contributed by atoms with E-state index >= 15 is 0 Å². The van der Waals surface area contributed by atoms with Gasteiger partial charge in [0, 0.05) is 0 Å². The van der Waals surface area contributed by atoms with Crippen LogP contribution in [0.1, 0.15) is 85.0 Å². The Labute approximate surface area is 182 Å². The summed E-state index contributed by atoms with van der Waals surface area (Å²) in [6.07, 6.45) is 14.5. The molecule has 0 radical (unpaired) electrons. The minimum atomic E-state index is -0.359. The summed E-state index contributed by atoms with van der Waals surface area (Å²) in [6, 6.07) is 0. The summed E-state index contributed by atoms with van der Waals surface area (Å²) in [4.78, 5) is 3.92. The average molecular weight is 416 g/mol. The van der Waals surface area contributed by atoms with Crippen molar-refractivity contribution in [3.8, 4) is 0 Å².